The van der Waals surface area contributed by atoms with Crippen LogP contribution in [0, 0.1) is 32.6 Å². The number of aromatic nitrogens is 4. The predicted molar refractivity (Wildman–Crippen MR) is 123 cm³/mol. The summed E-state index contributed by atoms with van der Waals surface area (Å²) < 4.78 is 42.1. The Kier molecular flexibility index (Phi) is 5.49. The number of hydrogen-bond donors (Lipinski definition) is 1. The molecule has 3 aromatic rings. The maximum atomic E-state index is 14.0. The molecule has 1 aliphatic carbocycles. The van der Waals surface area contributed by atoms with Crippen LogP contribution in [0.25, 0.3) is 11.3 Å². The van der Waals surface area contributed by atoms with Gasteiger partial charge in [0.2, 0.25) is 0 Å². The third kappa shape index (κ3) is 4.21. The maximum absolute atomic E-state index is 14.0. The fraction of sp³-hybridized carbons (Fsp3) is 0.400. The van der Waals surface area contributed by atoms with E-state index in [1.165, 1.54) is 6.92 Å². The molecule has 3 atom stereocenters. The number of piperidine rings is 1. The number of aryl methyl sites for hydroxylation is 2. The number of rotatable bonds is 3. The minimum absolute atomic E-state index is 0.0239. The van der Waals surface area contributed by atoms with Crippen LogP contribution in [0.15, 0.2) is 30.6 Å². The Morgan fingerprint density at radius 2 is 1.83 bits per heavy atom. The van der Waals surface area contributed by atoms with E-state index in [0.29, 0.717) is 35.7 Å². The lowest BCUT2D eigenvalue weighted by atomic mass is 9.88. The van der Waals surface area contributed by atoms with Crippen molar-refractivity contribution in [1.82, 2.24) is 24.8 Å². The van der Waals surface area contributed by atoms with E-state index in [1.807, 2.05) is 0 Å². The Labute approximate surface area is 200 Å². The Balaban J connectivity index is 1.64. The maximum Gasteiger partial charge on any atom is 0.418 e. The van der Waals surface area contributed by atoms with Crippen LogP contribution >= 0.6 is 0 Å². The number of carbonyl (C=O) groups excluding carboxylic acids is 1. The first-order valence-corrected chi connectivity index (χ1v) is 11.5. The summed E-state index contributed by atoms with van der Waals surface area (Å²) in [4.78, 5) is 32.4. The van der Waals surface area contributed by atoms with Crippen molar-refractivity contribution in [3.05, 3.63) is 64.5 Å². The van der Waals surface area contributed by atoms with Crippen LogP contribution in [0.1, 0.15) is 57.6 Å². The van der Waals surface area contributed by atoms with Gasteiger partial charge < -0.3 is 10.6 Å². The van der Waals surface area contributed by atoms with E-state index in [4.69, 9.17) is 5.73 Å². The first-order valence-electron chi connectivity index (χ1n) is 11.5. The molecule has 0 spiro atoms. The van der Waals surface area contributed by atoms with Crippen molar-refractivity contribution in [3.8, 4) is 11.3 Å². The van der Waals surface area contributed by atoms with Gasteiger partial charge in [0.1, 0.15) is 17.3 Å². The van der Waals surface area contributed by atoms with Crippen molar-refractivity contribution in [1.29, 1.82) is 0 Å². The van der Waals surface area contributed by atoms with Gasteiger partial charge in [-0.05, 0) is 74.8 Å². The van der Waals surface area contributed by atoms with E-state index in [-0.39, 0.29) is 34.5 Å². The molecule has 3 unspecified atom stereocenters. The van der Waals surface area contributed by atoms with Crippen molar-refractivity contribution in [2.75, 3.05) is 12.3 Å². The minimum Gasteiger partial charge on any atom is -0.383 e. The predicted octanol–water partition coefficient (Wildman–Crippen LogP) is 4.68. The van der Waals surface area contributed by atoms with E-state index in [1.54, 1.807) is 43.1 Å². The molecule has 1 saturated heterocycles. The zero-order valence-electron chi connectivity index (χ0n) is 19.6. The molecule has 3 aromatic heterocycles. The average Bonchev–Trinajstić information content (AvgIpc) is 3.57. The monoisotopic (exact) mass is 482 g/mol. The second kappa shape index (κ2) is 8.28. The van der Waals surface area contributed by atoms with Crippen molar-refractivity contribution >= 4 is 11.7 Å². The van der Waals surface area contributed by atoms with Crippen LogP contribution < -0.4 is 5.73 Å². The quantitative estimate of drug-likeness (QED) is 0.582. The lowest BCUT2D eigenvalue weighted by molar-refractivity contribution is -0.139. The normalized spacial score (nSPS) is 21.5. The third-order valence-electron chi connectivity index (χ3n) is 7.00. The van der Waals surface area contributed by atoms with E-state index < -0.39 is 23.7 Å². The van der Waals surface area contributed by atoms with Gasteiger partial charge in [-0.3, -0.25) is 4.79 Å². The van der Waals surface area contributed by atoms with E-state index in [0.717, 1.165) is 12.6 Å². The number of carbonyl (C=O) groups is 1. The molecular formula is C25H25F3N6O. The minimum atomic E-state index is -4.62. The SMILES string of the molecule is Cc1ccc(-c2ccnc(C)n2)c(C(=O)N2CC3CC3CC2c2c(C(F)(F)F)cnc(N)c2C)n1. The number of likely N-dealkylation sites (tertiary alicyclic amines) is 1. The summed E-state index contributed by atoms with van der Waals surface area (Å²) in [6.45, 7) is 5.42. The molecule has 10 heteroatoms. The standard InChI is InChI=1S/C25H25F3N6O/c1-12-4-5-17(19-6-7-30-14(3)33-19)22(32-12)24(35)34-11-16-8-15(16)9-20(34)21-13(2)23(29)31-10-18(21)25(26,27)28/h4-7,10,15-16,20H,8-9,11H2,1-3H3,(H2,29,31). The van der Waals surface area contributed by atoms with Crippen LogP contribution in [0.2, 0.25) is 0 Å². The summed E-state index contributed by atoms with van der Waals surface area (Å²) in [6, 6.07) is 4.46. The molecule has 4 heterocycles. The molecule has 2 N–H and O–H groups in total. The summed E-state index contributed by atoms with van der Waals surface area (Å²) in [6.07, 6.45) is -0.915. The Hall–Kier alpha value is -3.56. The first-order chi connectivity index (χ1) is 16.5. The average molecular weight is 483 g/mol. The molecule has 0 aromatic carbocycles. The van der Waals surface area contributed by atoms with Gasteiger partial charge in [0.05, 0.1) is 17.3 Å². The Bertz CT molecular complexity index is 1330. The van der Waals surface area contributed by atoms with E-state index in [2.05, 4.69) is 19.9 Å². The number of nitrogen functional groups attached to an aromatic ring is 1. The number of nitrogens with two attached hydrogens (primary N) is 1. The summed E-state index contributed by atoms with van der Waals surface area (Å²) >= 11 is 0. The fourth-order valence-electron chi connectivity index (χ4n) is 5.08. The van der Waals surface area contributed by atoms with Crippen molar-refractivity contribution < 1.29 is 18.0 Å². The molecule has 2 aliphatic rings. The first kappa shape index (κ1) is 23.2. The molecule has 5 rings (SSSR count). The fourth-order valence-corrected chi connectivity index (χ4v) is 5.08. The van der Waals surface area contributed by atoms with Gasteiger partial charge in [0, 0.05) is 30.2 Å². The van der Waals surface area contributed by atoms with Crippen LogP contribution in [0.4, 0.5) is 19.0 Å². The molecular weight excluding hydrogens is 457 g/mol. The van der Waals surface area contributed by atoms with Crippen LogP contribution in [0.5, 0.6) is 0 Å². The number of fused-ring (bicyclic) bond motifs is 1. The zero-order chi connectivity index (χ0) is 25.1. The highest BCUT2D eigenvalue weighted by Gasteiger charge is 2.50. The summed E-state index contributed by atoms with van der Waals surface area (Å²) in [7, 11) is 0. The van der Waals surface area contributed by atoms with Gasteiger partial charge in [-0.15, -0.1) is 0 Å². The van der Waals surface area contributed by atoms with Crippen molar-refractivity contribution in [2.45, 2.75) is 45.8 Å². The van der Waals surface area contributed by atoms with Crippen molar-refractivity contribution in [2.24, 2.45) is 11.8 Å². The second-order valence-electron chi connectivity index (χ2n) is 9.40. The van der Waals surface area contributed by atoms with Gasteiger partial charge in [-0.2, -0.15) is 13.2 Å². The highest BCUT2D eigenvalue weighted by atomic mass is 19.4. The molecule has 1 amide bonds. The number of anilines is 1. The largest absolute Gasteiger partial charge is 0.418 e. The van der Waals surface area contributed by atoms with Crippen LogP contribution in [0.3, 0.4) is 0 Å². The number of amides is 1. The van der Waals surface area contributed by atoms with Crippen LogP contribution in [-0.4, -0.2) is 37.3 Å². The molecule has 7 nitrogen and oxygen atoms in total. The molecule has 35 heavy (non-hydrogen) atoms. The highest BCUT2D eigenvalue weighted by Crippen LogP contribution is 2.53. The number of pyridine rings is 2. The third-order valence-corrected chi connectivity index (χ3v) is 7.00. The molecule has 0 radical (unpaired) electrons. The lowest BCUT2D eigenvalue weighted by Crippen LogP contribution is -2.41. The van der Waals surface area contributed by atoms with Gasteiger partial charge in [-0.1, -0.05) is 0 Å². The second-order valence-corrected chi connectivity index (χ2v) is 9.40. The highest BCUT2D eigenvalue weighted by molar-refractivity contribution is 5.99. The van der Waals surface area contributed by atoms with Gasteiger partial charge >= 0.3 is 6.18 Å². The number of hydrogen-bond acceptors (Lipinski definition) is 6. The Morgan fingerprint density at radius 3 is 2.54 bits per heavy atom. The topological polar surface area (TPSA) is 97.9 Å². The molecule has 0 bridgehead atoms. The number of alkyl halides is 3. The van der Waals surface area contributed by atoms with Gasteiger partial charge in [-0.25, -0.2) is 19.9 Å². The number of nitrogens with zero attached hydrogens (tertiary/aromatic N) is 5. The molecule has 1 aliphatic heterocycles. The molecule has 182 valence electrons. The van der Waals surface area contributed by atoms with E-state index >= 15 is 0 Å². The van der Waals surface area contributed by atoms with Crippen molar-refractivity contribution in [3.63, 3.8) is 0 Å². The summed E-state index contributed by atoms with van der Waals surface area (Å²) in [5, 5.41) is 0. The lowest BCUT2D eigenvalue weighted by Gasteiger charge is -2.38. The summed E-state index contributed by atoms with van der Waals surface area (Å²) in [5.41, 5.74) is 7.22. The Morgan fingerprint density at radius 1 is 1.06 bits per heavy atom. The molecule has 2 fully saturated rings. The smallest absolute Gasteiger partial charge is 0.383 e. The van der Waals surface area contributed by atoms with Crippen LogP contribution in [-0.2, 0) is 6.18 Å². The summed E-state index contributed by atoms with van der Waals surface area (Å²) in [5.74, 6) is 0.713. The zero-order valence-corrected chi connectivity index (χ0v) is 19.6. The number of halogens is 3. The van der Waals surface area contributed by atoms with Gasteiger partial charge in [0.25, 0.3) is 5.91 Å². The van der Waals surface area contributed by atoms with Gasteiger partial charge in [0.15, 0.2) is 0 Å². The molecule has 1 saturated carbocycles. The van der Waals surface area contributed by atoms with E-state index in [9.17, 15) is 18.0 Å².